The van der Waals surface area contributed by atoms with E-state index < -0.39 is 5.82 Å². The Morgan fingerprint density at radius 1 is 1.32 bits per heavy atom. The molecule has 6 heteroatoms. The molecule has 1 amide bonds. The smallest absolute Gasteiger partial charge is 0.275 e. The average Bonchev–Trinajstić information content (AvgIpc) is 2.88. The number of hydrogen-bond donors (Lipinski definition) is 1. The van der Waals surface area contributed by atoms with E-state index in [4.69, 9.17) is 0 Å². The lowest BCUT2D eigenvalue weighted by atomic mass is 10.2. The number of aryl methyl sites for hydroxylation is 1. The minimum atomic E-state index is -0.445. The summed E-state index contributed by atoms with van der Waals surface area (Å²) in [5.41, 5.74) is 1.96. The van der Waals surface area contributed by atoms with Crippen LogP contribution in [-0.2, 0) is 6.42 Å². The van der Waals surface area contributed by atoms with Crippen LogP contribution in [0.3, 0.4) is 0 Å². The van der Waals surface area contributed by atoms with Gasteiger partial charge in [-0.1, -0.05) is 19.4 Å². The second kappa shape index (κ2) is 5.93. The molecule has 0 bridgehead atoms. The van der Waals surface area contributed by atoms with Crippen LogP contribution in [0.1, 0.15) is 29.5 Å². The van der Waals surface area contributed by atoms with Crippen molar-refractivity contribution < 1.29 is 9.18 Å². The number of amides is 1. The Balaban J connectivity index is 1.98. The summed E-state index contributed by atoms with van der Waals surface area (Å²) in [5, 5.41) is 2.68. The predicted octanol–water partition coefficient (Wildman–Crippen LogP) is 3.07. The number of carbonyl (C=O) groups is 1. The van der Waals surface area contributed by atoms with E-state index in [1.807, 2.05) is 25.1 Å². The standard InChI is InChI=1S/C16H15FN4O/c1-2-5-12-15(21-9-4-3-6-14(21)19-12)16(22)20-13-8-7-11(17)10-18-13/h3-4,6-10H,2,5H2,1H3,(H,18,20,22). The van der Waals surface area contributed by atoms with Crippen molar-refractivity contribution >= 4 is 17.4 Å². The highest BCUT2D eigenvalue weighted by molar-refractivity contribution is 6.04. The van der Waals surface area contributed by atoms with E-state index in [0.29, 0.717) is 17.9 Å². The molecule has 5 nitrogen and oxygen atoms in total. The average molecular weight is 298 g/mol. The van der Waals surface area contributed by atoms with Gasteiger partial charge in [0.15, 0.2) is 0 Å². The van der Waals surface area contributed by atoms with Gasteiger partial charge < -0.3 is 5.32 Å². The maximum atomic E-state index is 12.9. The monoisotopic (exact) mass is 298 g/mol. The molecule has 0 aliphatic carbocycles. The number of nitrogens with zero attached hydrogens (tertiary/aromatic N) is 3. The van der Waals surface area contributed by atoms with Gasteiger partial charge in [-0.3, -0.25) is 9.20 Å². The zero-order valence-corrected chi connectivity index (χ0v) is 12.1. The fraction of sp³-hybridized carbons (Fsp3) is 0.188. The van der Waals surface area contributed by atoms with Gasteiger partial charge in [0, 0.05) is 6.20 Å². The summed E-state index contributed by atoms with van der Waals surface area (Å²) in [4.78, 5) is 20.9. The van der Waals surface area contributed by atoms with Gasteiger partial charge in [-0.05, 0) is 30.7 Å². The Morgan fingerprint density at radius 2 is 2.18 bits per heavy atom. The summed E-state index contributed by atoms with van der Waals surface area (Å²) in [6.07, 6.45) is 4.46. The van der Waals surface area contributed by atoms with Crippen LogP contribution in [0.5, 0.6) is 0 Å². The second-order valence-corrected chi connectivity index (χ2v) is 4.90. The van der Waals surface area contributed by atoms with Crippen LogP contribution in [0.4, 0.5) is 10.2 Å². The van der Waals surface area contributed by atoms with Crippen molar-refractivity contribution in [3.63, 3.8) is 0 Å². The molecule has 1 N–H and O–H groups in total. The highest BCUT2D eigenvalue weighted by Crippen LogP contribution is 2.16. The predicted molar refractivity (Wildman–Crippen MR) is 81.3 cm³/mol. The minimum absolute atomic E-state index is 0.304. The molecule has 0 aliphatic rings. The molecule has 0 aliphatic heterocycles. The Morgan fingerprint density at radius 3 is 2.91 bits per heavy atom. The lowest BCUT2D eigenvalue weighted by molar-refractivity contribution is 0.102. The number of fused-ring (bicyclic) bond motifs is 1. The van der Waals surface area contributed by atoms with E-state index in [1.165, 1.54) is 12.1 Å². The first-order valence-corrected chi connectivity index (χ1v) is 7.08. The van der Waals surface area contributed by atoms with Crippen LogP contribution in [0.2, 0.25) is 0 Å². The number of hydrogen-bond acceptors (Lipinski definition) is 3. The summed E-state index contributed by atoms with van der Waals surface area (Å²) >= 11 is 0. The molecule has 0 spiro atoms. The van der Waals surface area contributed by atoms with Gasteiger partial charge in [-0.15, -0.1) is 0 Å². The zero-order chi connectivity index (χ0) is 15.5. The third-order valence-corrected chi connectivity index (χ3v) is 3.27. The molecule has 0 saturated heterocycles. The van der Waals surface area contributed by atoms with E-state index in [-0.39, 0.29) is 5.91 Å². The first-order chi connectivity index (χ1) is 10.7. The van der Waals surface area contributed by atoms with Crippen LogP contribution in [0, 0.1) is 5.82 Å². The topological polar surface area (TPSA) is 59.3 Å². The molecule has 0 atom stereocenters. The van der Waals surface area contributed by atoms with Crippen molar-refractivity contribution in [2.45, 2.75) is 19.8 Å². The van der Waals surface area contributed by atoms with Crippen LogP contribution >= 0.6 is 0 Å². The molecule has 0 saturated carbocycles. The molecular formula is C16H15FN4O. The third kappa shape index (κ3) is 2.67. The number of nitrogens with one attached hydrogen (secondary N) is 1. The Kier molecular flexibility index (Phi) is 3.82. The van der Waals surface area contributed by atoms with Crippen LogP contribution in [-0.4, -0.2) is 20.3 Å². The van der Waals surface area contributed by atoms with Crippen molar-refractivity contribution in [2.75, 3.05) is 5.32 Å². The summed E-state index contributed by atoms with van der Waals surface area (Å²) in [6, 6.07) is 8.25. The molecule has 112 valence electrons. The quantitative estimate of drug-likeness (QED) is 0.805. The highest BCUT2D eigenvalue weighted by Gasteiger charge is 2.18. The summed E-state index contributed by atoms with van der Waals surface area (Å²) < 4.78 is 14.6. The fourth-order valence-corrected chi connectivity index (χ4v) is 2.32. The molecule has 0 unspecified atom stereocenters. The fourth-order valence-electron chi connectivity index (χ4n) is 2.32. The molecule has 3 aromatic heterocycles. The first kappa shape index (κ1) is 14.2. The number of aromatic nitrogens is 3. The summed E-state index contributed by atoms with van der Waals surface area (Å²) in [6.45, 7) is 2.03. The number of carbonyl (C=O) groups excluding carboxylic acids is 1. The minimum Gasteiger partial charge on any atom is -0.305 e. The van der Waals surface area contributed by atoms with E-state index in [0.717, 1.165) is 24.0 Å². The third-order valence-electron chi connectivity index (χ3n) is 3.27. The number of imidazole rings is 1. The normalized spacial score (nSPS) is 10.8. The maximum Gasteiger partial charge on any atom is 0.275 e. The van der Waals surface area contributed by atoms with E-state index in [1.54, 1.807) is 10.6 Å². The Bertz CT molecular complexity index is 811. The van der Waals surface area contributed by atoms with Crippen LogP contribution < -0.4 is 5.32 Å². The Labute approximate surface area is 126 Å². The maximum absolute atomic E-state index is 12.9. The van der Waals surface area contributed by atoms with Crippen molar-refractivity contribution in [3.05, 3.63) is 59.9 Å². The van der Waals surface area contributed by atoms with Gasteiger partial charge in [0.05, 0.1) is 11.9 Å². The largest absolute Gasteiger partial charge is 0.305 e. The molecule has 22 heavy (non-hydrogen) atoms. The number of anilines is 1. The molecule has 0 fully saturated rings. The second-order valence-electron chi connectivity index (χ2n) is 4.90. The van der Waals surface area contributed by atoms with Gasteiger partial charge in [-0.2, -0.15) is 0 Å². The molecular weight excluding hydrogens is 283 g/mol. The van der Waals surface area contributed by atoms with Gasteiger partial charge in [0.2, 0.25) is 0 Å². The molecule has 3 aromatic rings. The van der Waals surface area contributed by atoms with Gasteiger partial charge in [-0.25, -0.2) is 14.4 Å². The van der Waals surface area contributed by atoms with Crippen molar-refractivity contribution in [3.8, 4) is 0 Å². The summed E-state index contributed by atoms with van der Waals surface area (Å²) in [5.74, 6) is -0.444. The van der Waals surface area contributed by atoms with Crippen molar-refractivity contribution in [2.24, 2.45) is 0 Å². The van der Waals surface area contributed by atoms with Gasteiger partial charge in [0.25, 0.3) is 5.91 Å². The highest BCUT2D eigenvalue weighted by atomic mass is 19.1. The molecule has 3 heterocycles. The van der Waals surface area contributed by atoms with E-state index >= 15 is 0 Å². The van der Waals surface area contributed by atoms with Crippen LogP contribution in [0.25, 0.3) is 5.65 Å². The van der Waals surface area contributed by atoms with Crippen molar-refractivity contribution in [1.82, 2.24) is 14.4 Å². The lowest BCUT2D eigenvalue weighted by Gasteiger charge is -2.06. The van der Waals surface area contributed by atoms with E-state index in [2.05, 4.69) is 15.3 Å². The van der Waals surface area contributed by atoms with Gasteiger partial charge in [0.1, 0.15) is 23.0 Å². The van der Waals surface area contributed by atoms with Gasteiger partial charge >= 0.3 is 0 Å². The number of pyridine rings is 2. The van der Waals surface area contributed by atoms with Crippen LogP contribution in [0.15, 0.2) is 42.7 Å². The van der Waals surface area contributed by atoms with E-state index in [9.17, 15) is 9.18 Å². The molecule has 0 aromatic carbocycles. The first-order valence-electron chi connectivity index (χ1n) is 7.08. The lowest BCUT2D eigenvalue weighted by Crippen LogP contribution is -2.17. The van der Waals surface area contributed by atoms with Crippen molar-refractivity contribution in [1.29, 1.82) is 0 Å². The molecule has 3 rings (SSSR count). The summed E-state index contributed by atoms with van der Waals surface area (Å²) in [7, 11) is 0. The number of halogens is 1. The Hall–Kier alpha value is -2.76. The number of rotatable bonds is 4. The molecule has 0 radical (unpaired) electrons. The zero-order valence-electron chi connectivity index (χ0n) is 12.1. The SMILES string of the molecule is CCCc1nc2ccccn2c1C(=O)Nc1ccc(F)cn1.